The largest absolute Gasteiger partial charge is 0.332 e. The Balaban J connectivity index is 1.98. The summed E-state index contributed by atoms with van der Waals surface area (Å²) >= 11 is 3.36. The molecule has 1 N–H and O–H groups in total. The Labute approximate surface area is 150 Å². The van der Waals surface area contributed by atoms with E-state index in [9.17, 15) is 14.4 Å². The summed E-state index contributed by atoms with van der Waals surface area (Å²) in [6.07, 6.45) is 1.46. The monoisotopic (exact) mass is 405 g/mol. The van der Waals surface area contributed by atoms with Crippen molar-refractivity contribution < 1.29 is 4.79 Å². The Morgan fingerprint density at radius 2 is 2.00 bits per heavy atom. The van der Waals surface area contributed by atoms with Gasteiger partial charge in [-0.05, 0) is 30.7 Å². The van der Waals surface area contributed by atoms with E-state index in [0.717, 1.165) is 14.6 Å². The predicted molar refractivity (Wildman–Crippen MR) is 97.7 cm³/mol. The van der Waals surface area contributed by atoms with Crippen LogP contribution in [0.2, 0.25) is 0 Å². The lowest BCUT2D eigenvalue weighted by molar-refractivity contribution is -0.116. The first-order chi connectivity index (χ1) is 11.8. The summed E-state index contributed by atoms with van der Waals surface area (Å²) in [5, 5.41) is 2.73. The average molecular weight is 406 g/mol. The Hall–Kier alpha value is -2.68. The number of carbonyl (C=O) groups excluding carboxylic acids is 1. The number of anilines is 1. The van der Waals surface area contributed by atoms with Crippen LogP contribution >= 0.6 is 15.9 Å². The molecule has 0 radical (unpaired) electrons. The molecule has 3 rings (SSSR count). The van der Waals surface area contributed by atoms with Gasteiger partial charge in [0.25, 0.3) is 5.56 Å². The van der Waals surface area contributed by atoms with Crippen molar-refractivity contribution in [2.45, 2.75) is 13.5 Å². The fourth-order valence-corrected chi connectivity index (χ4v) is 3.11. The summed E-state index contributed by atoms with van der Waals surface area (Å²) in [7, 11) is 3.18. The van der Waals surface area contributed by atoms with E-state index in [1.165, 1.54) is 22.5 Å². The van der Waals surface area contributed by atoms with E-state index in [1.54, 1.807) is 19.2 Å². The lowest BCUT2D eigenvalue weighted by Crippen LogP contribution is -2.42. The van der Waals surface area contributed by atoms with Crippen LogP contribution in [0.25, 0.3) is 11.2 Å². The van der Waals surface area contributed by atoms with Gasteiger partial charge in [0.2, 0.25) is 5.91 Å². The van der Waals surface area contributed by atoms with E-state index < -0.39 is 17.2 Å². The van der Waals surface area contributed by atoms with Gasteiger partial charge in [-0.3, -0.25) is 14.2 Å². The lowest BCUT2D eigenvalue weighted by Gasteiger charge is -2.11. The average Bonchev–Trinajstić information content (AvgIpc) is 2.94. The van der Waals surface area contributed by atoms with Crippen LogP contribution in [-0.4, -0.2) is 24.6 Å². The first kappa shape index (κ1) is 17.2. The van der Waals surface area contributed by atoms with Gasteiger partial charge < -0.3 is 9.88 Å². The molecular weight excluding hydrogens is 390 g/mol. The van der Waals surface area contributed by atoms with E-state index in [2.05, 4.69) is 26.2 Å². The van der Waals surface area contributed by atoms with Crippen molar-refractivity contribution in [1.29, 1.82) is 0 Å². The number of benzene rings is 1. The molecule has 130 valence electrons. The Morgan fingerprint density at radius 3 is 2.68 bits per heavy atom. The summed E-state index contributed by atoms with van der Waals surface area (Å²) in [5.41, 5.74) is 0.928. The van der Waals surface area contributed by atoms with Crippen LogP contribution in [0.3, 0.4) is 0 Å². The number of fused-ring (bicyclic) bond motifs is 1. The van der Waals surface area contributed by atoms with Crippen LogP contribution in [0.4, 0.5) is 5.69 Å². The van der Waals surface area contributed by atoms with Crippen LogP contribution in [0.1, 0.15) is 5.56 Å². The normalized spacial score (nSPS) is 11.0. The number of aryl methyl sites for hydroxylation is 3. The zero-order valence-electron chi connectivity index (χ0n) is 13.9. The maximum Gasteiger partial charge on any atom is 0.332 e. The molecule has 0 aliphatic carbocycles. The SMILES string of the molecule is Cc1cc(Br)ccc1NC(=O)Cn1c(=O)c2c(ncn2C)n(C)c1=O. The highest BCUT2D eigenvalue weighted by Crippen LogP contribution is 2.19. The van der Waals surface area contributed by atoms with Gasteiger partial charge in [-0.1, -0.05) is 15.9 Å². The number of nitrogens with zero attached hydrogens (tertiary/aromatic N) is 4. The fraction of sp³-hybridized carbons (Fsp3) is 0.250. The zero-order valence-corrected chi connectivity index (χ0v) is 15.5. The van der Waals surface area contributed by atoms with Gasteiger partial charge in [-0.15, -0.1) is 0 Å². The Morgan fingerprint density at radius 1 is 1.28 bits per heavy atom. The van der Waals surface area contributed by atoms with Gasteiger partial charge in [-0.2, -0.15) is 0 Å². The number of amides is 1. The number of hydrogen-bond donors (Lipinski definition) is 1. The molecule has 1 amide bonds. The van der Waals surface area contributed by atoms with E-state index in [1.807, 2.05) is 13.0 Å². The number of aromatic nitrogens is 4. The van der Waals surface area contributed by atoms with Crippen molar-refractivity contribution in [3.63, 3.8) is 0 Å². The number of carbonyl (C=O) groups is 1. The molecule has 0 spiro atoms. The van der Waals surface area contributed by atoms with Gasteiger partial charge in [0, 0.05) is 24.3 Å². The maximum absolute atomic E-state index is 12.6. The molecule has 9 heteroatoms. The molecule has 0 saturated carbocycles. The third-order valence-corrected chi connectivity index (χ3v) is 4.46. The summed E-state index contributed by atoms with van der Waals surface area (Å²) in [5.74, 6) is -0.453. The third kappa shape index (κ3) is 3.02. The maximum atomic E-state index is 12.6. The molecular formula is C16H16BrN5O3. The minimum absolute atomic E-state index is 0.273. The fourth-order valence-electron chi connectivity index (χ4n) is 2.64. The molecule has 2 heterocycles. The number of hydrogen-bond acceptors (Lipinski definition) is 4. The van der Waals surface area contributed by atoms with E-state index >= 15 is 0 Å². The quantitative estimate of drug-likeness (QED) is 0.707. The molecule has 8 nitrogen and oxygen atoms in total. The summed E-state index contributed by atoms with van der Waals surface area (Å²) < 4.78 is 4.60. The van der Waals surface area contributed by atoms with Crippen LogP contribution in [-0.2, 0) is 25.4 Å². The summed E-state index contributed by atoms with van der Waals surface area (Å²) in [4.78, 5) is 41.4. The van der Waals surface area contributed by atoms with Gasteiger partial charge in [0.15, 0.2) is 11.2 Å². The van der Waals surface area contributed by atoms with Crippen molar-refractivity contribution >= 4 is 38.7 Å². The zero-order chi connectivity index (χ0) is 18.3. The van der Waals surface area contributed by atoms with Gasteiger partial charge in [0.05, 0.1) is 6.33 Å². The van der Waals surface area contributed by atoms with Crippen molar-refractivity contribution in [3.05, 3.63) is 55.4 Å². The molecule has 0 atom stereocenters. The Kier molecular flexibility index (Phi) is 4.34. The Bertz CT molecular complexity index is 1110. The van der Waals surface area contributed by atoms with Crippen LogP contribution < -0.4 is 16.6 Å². The highest BCUT2D eigenvalue weighted by molar-refractivity contribution is 9.10. The highest BCUT2D eigenvalue weighted by Gasteiger charge is 2.17. The predicted octanol–water partition coefficient (Wildman–Crippen LogP) is 1.14. The number of halogens is 1. The molecule has 0 bridgehead atoms. The molecule has 2 aromatic heterocycles. The van der Waals surface area contributed by atoms with Crippen LogP contribution in [0, 0.1) is 6.92 Å². The second-order valence-corrected chi connectivity index (χ2v) is 6.68. The standard InChI is InChI=1S/C16H16BrN5O3/c1-9-6-10(17)4-5-11(9)19-12(23)7-22-15(24)13-14(18-8-20(13)2)21(3)16(22)25/h4-6,8H,7H2,1-3H3,(H,19,23). The van der Waals surface area contributed by atoms with E-state index in [4.69, 9.17) is 0 Å². The van der Waals surface area contributed by atoms with Gasteiger partial charge in [-0.25, -0.2) is 14.3 Å². The molecule has 0 unspecified atom stereocenters. The van der Waals surface area contributed by atoms with Crippen LogP contribution in [0.15, 0.2) is 38.6 Å². The molecule has 0 aliphatic rings. The topological polar surface area (TPSA) is 90.9 Å². The van der Waals surface area contributed by atoms with Crippen molar-refractivity contribution in [2.24, 2.45) is 14.1 Å². The van der Waals surface area contributed by atoms with Crippen molar-refractivity contribution in [2.75, 3.05) is 5.32 Å². The molecule has 0 aliphatic heterocycles. The molecule has 25 heavy (non-hydrogen) atoms. The van der Waals surface area contributed by atoms with Crippen molar-refractivity contribution in [1.82, 2.24) is 18.7 Å². The third-order valence-electron chi connectivity index (χ3n) is 3.97. The second kappa shape index (κ2) is 6.32. The van der Waals surface area contributed by atoms with Crippen molar-refractivity contribution in [3.8, 4) is 0 Å². The van der Waals surface area contributed by atoms with Gasteiger partial charge in [0.1, 0.15) is 6.54 Å². The number of rotatable bonds is 3. The molecule has 0 fully saturated rings. The molecule has 3 aromatic rings. The van der Waals surface area contributed by atoms with Crippen LogP contribution in [0.5, 0.6) is 0 Å². The summed E-state index contributed by atoms with van der Waals surface area (Å²) in [6, 6.07) is 5.42. The first-order valence-corrected chi connectivity index (χ1v) is 8.25. The van der Waals surface area contributed by atoms with Gasteiger partial charge >= 0.3 is 5.69 Å². The molecule has 1 aromatic carbocycles. The summed E-state index contributed by atoms with van der Waals surface area (Å²) in [6.45, 7) is 1.48. The number of imidazole rings is 1. The number of nitrogens with one attached hydrogen (secondary N) is 1. The highest BCUT2D eigenvalue weighted by atomic mass is 79.9. The minimum atomic E-state index is -0.584. The first-order valence-electron chi connectivity index (χ1n) is 7.46. The second-order valence-electron chi connectivity index (χ2n) is 5.77. The minimum Gasteiger partial charge on any atom is -0.328 e. The smallest absolute Gasteiger partial charge is 0.328 e. The molecule has 0 saturated heterocycles. The lowest BCUT2D eigenvalue weighted by atomic mass is 10.2. The van der Waals surface area contributed by atoms with E-state index in [0.29, 0.717) is 5.69 Å². The van der Waals surface area contributed by atoms with E-state index in [-0.39, 0.29) is 17.7 Å².